The molecule has 1 fully saturated rings. The molecule has 0 radical (unpaired) electrons. The van der Waals surface area contributed by atoms with Crippen LogP contribution in [-0.2, 0) is 6.42 Å². The zero-order valence-corrected chi connectivity index (χ0v) is 15.6. The molecule has 27 heavy (non-hydrogen) atoms. The van der Waals surface area contributed by atoms with Crippen LogP contribution in [0, 0.1) is 0 Å². The number of hydrogen-bond donors (Lipinski definition) is 1. The zero-order valence-electron chi connectivity index (χ0n) is 15.6. The van der Waals surface area contributed by atoms with Gasteiger partial charge in [-0.25, -0.2) is 15.0 Å². The lowest BCUT2D eigenvalue weighted by molar-refractivity contribution is 0.665. The van der Waals surface area contributed by atoms with Gasteiger partial charge in [0, 0.05) is 5.71 Å². The Balaban J connectivity index is 1.86. The third kappa shape index (κ3) is 3.63. The van der Waals surface area contributed by atoms with Crippen molar-refractivity contribution >= 4 is 22.6 Å². The first-order chi connectivity index (χ1) is 13.3. The molecule has 0 spiro atoms. The second-order valence-corrected chi connectivity index (χ2v) is 6.97. The summed E-state index contributed by atoms with van der Waals surface area (Å²) in [7, 11) is 0. The van der Waals surface area contributed by atoms with Crippen LogP contribution >= 0.6 is 0 Å². The maximum Gasteiger partial charge on any atom is 0.267 e. The second-order valence-electron chi connectivity index (χ2n) is 6.97. The number of aryl methyl sites for hydroxylation is 1. The van der Waals surface area contributed by atoms with Gasteiger partial charge in [-0.05, 0) is 61.9 Å². The summed E-state index contributed by atoms with van der Waals surface area (Å²) in [6.45, 7) is 2.11. The van der Waals surface area contributed by atoms with Crippen molar-refractivity contribution in [3.8, 4) is 5.69 Å². The zero-order chi connectivity index (χ0) is 18.6. The molecule has 0 aliphatic heterocycles. The molecule has 5 heteroatoms. The summed E-state index contributed by atoms with van der Waals surface area (Å²) >= 11 is 0. The maximum absolute atomic E-state index is 13.2. The van der Waals surface area contributed by atoms with Gasteiger partial charge >= 0.3 is 0 Å². The molecule has 2 aromatic carbocycles. The normalized spacial score (nSPS) is 14.3. The number of anilines is 1. The summed E-state index contributed by atoms with van der Waals surface area (Å²) in [6.07, 6.45) is 6.55. The monoisotopic (exact) mass is 360 g/mol. The van der Waals surface area contributed by atoms with Gasteiger partial charge in [0.05, 0.1) is 16.6 Å². The highest BCUT2D eigenvalue weighted by Gasteiger charge is 2.13. The van der Waals surface area contributed by atoms with Crippen molar-refractivity contribution in [3.63, 3.8) is 0 Å². The first kappa shape index (κ1) is 17.5. The van der Waals surface area contributed by atoms with Crippen LogP contribution in [0.25, 0.3) is 16.6 Å². The Labute approximate surface area is 158 Å². The molecule has 1 saturated carbocycles. The van der Waals surface area contributed by atoms with Crippen LogP contribution in [0.2, 0.25) is 0 Å². The third-order valence-corrected chi connectivity index (χ3v) is 5.10. The summed E-state index contributed by atoms with van der Waals surface area (Å²) in [5.74, 6) is 0.463. The highest BCUT2D eigenvalue weighted by atomic mass is 16.1. The summed E-state index contributed by atoms with van der Waals surface area (Å²) in [5, 5.41) is 5.18. The summed E-state index contributed by atoms with van der Waals surface area (Å²) in [5.41, 5.74) is 6.82. The van der Waals surface area contributed by atoms with Crippen molar-refractivity contribution in [1.29, 1.82) is 0 Å². The van der Waals surface area contributed by atoms with E-state index in [0.29, 0.717) is 16.9 Å². The SMILES string of the molecule is CCc1cccc(-n2c(NN=C3CCCCC3)nc3ccccc3c2=O)c1. The van der Waals surface area contributed by atoms with Gasteiger partial charge in [0.25, 0.3) is 5.56 Å². The molecule has 1 aromatic heterocycles. The fourth-order valence-corrected chi connectivity index (χ4v) is 3.56. The van der Waals surface area contributed by atoms with Crippen LogP contribution in [-0.4, -0.2) is 15.3 Å². The van der Waals surface area contributed by atoms with Crippen molar-refractivity contribution < 1.29 is 0 Å². The molecule has 5 nitrogen and oxygen atoms in total. The minimum Gasteiger partial charge on any atom is -0.268 e. The van der Waals surface area contributed by atoms with E-state index in [1.54, 1.807) is 4.57 Å². The summed E-state index contributed by atoms with van der Waals surface area (Å²) < 4.78 is 1.63. The van der Waals surface area contributed by atoms with E-state index >= 15 is 0 Å². The minimum absolute atomic E-state index is 0.0832. The molecule has 0 saturated heterocycles. The molecular formula is C22H24N4O. The lowest BCUT2D eigenvalue weighted by Crippen LogP contribution is -2.23. The average Bonchev–Trinajstić information content (AvgIpc) is 2.73. The Morgan fingerprint density at radius 3 is 2.70 bits per heavy atom. The lowest BCUT2D eigenvalue weighted by Gasteiger charge is -2.16. The molecule has 1 aliphatic rings. The Hall–Kier alpha value is -2.95. The smallest absolute Gasteiger partial charge is 0.267 e. The predicted octanol–water partition coefficient (Wildman–Crippen LogP) is 4.68. The van der Waals surface area contributed by atoms with Crippen molar-refractivity contribution in [3.05, 3.63) is 64.4 Å². The van der Waals surface area contributed by atoms with E-state index in [4.69, 9.17) is 4.98 Å². The number of rotatable bonds is 4. The van der Waals surface area contributed by atoms with E-state index in [1.807, 2.05) is 42.5 Å². The number of aromatic nitrogens is 2. The molecule has 0 amide bonds. The molecule has 0 unspecified atom stereocenters. The number of hydrogen-bond acceptors (Lipinski definition) is 4. The number of nitrogens with one attached hydrogen (secondary N) is 1. The van der Waals surface area contributed by atoms with E-state index in [-0.39, 0.29) is 5.56 Å². The molecule has 4 rings (SSSR count). The molecule has 0 atom stereocenters. The second kappa shape index (κ2) is 7.74. The highest BCUT2D eigenvalue weighted by molar-refractivity contribution is 5.85. The van der Waals surface area contributed by atoms with Gasteiger partial charge in [-0.15, -0.1) is 0 Å². The number of benzene rings is 2. The first-order valence-electron chi connectivity index (χ1n) is 9.69. The molecule has 1 heterocycles. The standard InChI is InChI=1S/C22H24N4O/c1-2-16-9-8-12-18(15-16)26-21(27)19-13-6-7-14-20(19)23-22(26)25-24-17-10-4-3-5-11-17/h6-9,12-15H,2-5,10-11H2,1H3,(H,23,25). The quantitative estimate of drug-likeness (QED) is 0.687. The Bertz CT molecular complexity index is 1040. The van der Waals surface area contributed by atoms with Crippen molar-refractivity contribution in [2.24, 2.45) is 5.10 Å². The number of fused-ring (bicyclic) bond motifs is 1. The van der Waals surface area contributed by atoms with Crippen LogP contribution in [0.1, 0.15) is 44.6 Å². The molecule has 1 aliphatic carbocycles. The molecule has 1 N–H and O–H groups in total. The number of para-hydroxylation sites is 1. The van der Waals surface area contributed by atoms with Crippen LogP contribution in [0.5, 0.6) is 0 Å². The fourth-order valence-electron chi connectivity index (χ4n) is 3.56. The van der Waals surface area contributed by atoms with Crippen LogP contribution in [0.3, 0.4) is 0 Å². The van der Waals surface area contributed by atoms with E-state index in [2.05, 4.69) is 23.5 Å². The Morgan fingerprint density at radius 1 is 1.07 bits per heavy atom. The predicted molar refractivity (Wildman–Crippen MR) is 111 cm³/mol. The van der Waals surface area contributed by atoms with Gasteiger partial charge in [-0.2, -0.15) is 5.10 Å². The van der Waals surface area contributed by atoms with Gasteiger partial charge in [-0.3, -0.25) is 4.79 Å². The van der Waals surface area contributed by atoms with E-state index in [9.17, 15) is 4.79 Å². The van der Waals surface area contributed by atoms with Gasteiger partial charge in [0.15, 0.2) is 0 Å². The maximum atomic E-state index is 13.2. The van der Waals surface area contributed by atoms with E-state index in [0.717, 1.165) is 30.7 Å². The highest BCUT2D eigenvalue weighted by Crippen LogP contribution is 2.19. The van der Waals surface area contributed by atoms with Gasteiger partial charge in [0.1, 0.15) is 0 Å². The average molecular weight is 360 g/mol. The van der Waals surface area contributed by atoms with E-state index < -0.39 is 0 Å². The summed E-state index contributed by atoms with van der Waals surface area (Å²) in [6, 6.07) is 15.5. The Kier molecular flexibility index (Phi) is 5.01. The molecular weight excluding hydrogens is 336 g/mol. The van der Waals surface area contributed by atoms with E-state index in [1.165, 1.54) is 24.8 Å². The molecule has 0 bridgehead atoms. The van der Waals surface area contributed by atoms with Gasteiger partial charge in [0.2, 0.25) is 5.95 Å². The van der Waals surface area contributed by atoms with Gasteiger partial charge in [-0.1, -0.05) is 37.6 Å². The molecule has 138 valence electrons. The summed E-state index contributed by atoms with van der Waals surface area (Å²) in [4.78, 5) is 17.9. The fraction of sp³-hybridized carbons (Fsp3) is 0.318. The minimum atomic E-state index is -0.0832. The largest absolute Gasteiger partial charge is 0.268 e. The first-order valence-corrected chi connectivity index (χ1v) is 9.69. The van der Waals surface area contributed by atoms with Crippen LogP contribution in [0.4, 0.5) is 5.95 Å². The topological polar surface area (TPSA) is 59.3 Å². The van der Waals surface area contributed by atoms with Crippen molar-refractivity contribution in [1.82, 2.24) is 9.55 Å². The van der Waals surface area contributed by atoms with Crippen LogP contribution in [0.15, 0.2) is 58.4 Å². The number of nitrogens with zero attached hydrogens (tertiary/aromatic N) is 3. The molecule has 3 aromatic rings. The number of hydrazone groups is 1. The lowest BCUT2D eigenvalue weighted by atomic mass is 9.99. The van der Waals surface area contributed by atoms with Gasteiger partial charge < -0.3 is 0 Å². The van der Waals surface area contributed by atoms with Crippen molar-refractivity contribution in [2.75, 3.05) is 5.43 Å². The Morgan fingerprint density at radius 2 is 1.89 bits per heavy atom. The van der Waals surface area contributed by atoms with Crippen molar-refractivity contribution in [2.45, 2.75) is 45.4 Å². The van der Waals surface area contributed by atoms with Crippen LogP contribution < -0.4 is 11.0 Å². The third-order valence-electron chi connectivity index (χ3n) is 5.10.